The molecule has 0 radical (unpaired) electrons. The van der Waals surface area contributed by atoms with E-state index in [4.69, 9.17) is 4.52 Å². The summed E-state index contributed by atoms with van der Waals surface area (Å²) in [4.78, 5) is 17.8. The van der Waals surface area contributed by atoms with Crippen molar-refractivity contribution in [2.24, 2.45) is 0 Å². The van der Waals surface area contributed by atoms with Gasteiger partial charge in [0.2, 0.25) is 5.91 Å². The summed E-state index contributed by atoms with van der Waals surface area (Å²) in [7, 11) is 0. The third-order valence-corrected chi connectivity index (χ3v) is 4.49. The van der Waals surface area contributed by atoms with E-state index in [1.807, 2.05) is 0 Å². The Bertz CT molecular complexity index is 1030. The molecule has 2 aromatic carbocycles. The van der Waals surface area contributed by atoms with E-state index in [1.165, 1.54) is 35.2 Å². The molecule has 4 rings (SSSR count). The number of benzene rings is 2. The Morgan fingerprint density at radius 3 is 2.64 bits per heavy atom. The van der Waals surface area contributed by atoms with Gasteiger partial charge in [-0.25, -0.2) is 4.39 Å². The van der Waals surface area contributed by atoms with E-state index in [1.54, 1.807) is 6.07 Å². The number of halogens is 4. The van der Waals surface area contributed by atoms with E-state index < -0.39 is 23.5 Å². The summed E-state index contributed by atoms with van der Waals surface area (Å²) in [5, 5.41) is 3.86. The first-order valence-electron chi connectivity index (χ1n) is 8.38. The van der Waals surface area contributed by atoms with E-state index in [0.29, 0.717) is 5.56 Å². The molecule has 0 N–H and O–H groups in total. The van der Waals surface area contributed by atoms with Gasteiger partial charge in [-0.3, -0.25) is 4.79 Å². The summed E-state index contributed by atoms with van der Waals surface area (Å²) >= 11 is 0. The lowest BCUT2D eigenvalue weighted by atomic mass is 10.1. The Labute approximate surface area is 156 Å². The third-order valence-electron chi connectivity index (χ3n) is 4.49. The maximum absolute atomic E-state index is 13.3. The second-order valence-corrected chi connectivity index (χ2v) is 6.42. The second kappa shape index (κ2) is 6.74. The molecule has 1 aliphatic rings. The highest BCUT2D eigenvalue weighted by molar-refractivity contribution is 5.96. The topological polar surface area (TPSA) is 59.2 Å². The number of carbonyl (C=O) groups is 1. The smallest absolute Gasteiger partial charge is 0.334 e. The third kappa shape index (κ3) is 3.47. The molecule has 1 fully saturated rings. The minimum Gasteiger partial charge on any atom is -0.334 e. The minimum absolute atomic E-state index is 0.0400. The molecule has 0 spiro atoms. The summed E-state index contributed by atoms with van der Waals surface area (Å²) in [6.07, 6.45) is -4.45. The molecule has 2 heterocycles. The molecule has 1 atom stereocenters. The van der Waals surface area contributed by atoms with Gasteiger partial charge < -0.3 is 9.42 Å². The fourth-order valence-corrected chi connectivity index (χ4v) is 3.12. The molecule has 1 aromatic heterocycles. The van der Waals surface area contributed by atoms with Gasteiger partial charge in [-0.05, 0) is 36.4 Å². The van der Waals surface area contributed by atoms with Gasteiger partial charge in [0.1, 0.15) is 5.82 Å². The van der Waals surface area contributed by atoms with Gasteiger partial charge in [-0.15, -0.1) is 0 Å². The van der Waals surface area contributed by atoms with Crippen molar-refractivity contribution in [1.29, 1.82) is 0 Å². The first-order chi connectivity index (χ1) is 13.3. The predicted molar refractivity (Wildman–Crippen MR) is 90.8 cm³/mol. The number of hydrogen-bond acceptors (Lipinski definition) is 4. The molecule has 0 bridgehead atoms. The zero-order valence-corrected chi connectivity index (χ0v) is 14.3. The zero-order chi connectivity index (χ0) is 19.9. The highest BCUT2D eigenvalue weighted by atomic mass is 19.4. The summed E-state index contributed by atoms with van der Waals surface area (Å²) in [6.45, 7) is 0.127. The number of hydrogen-bond donors (Lipinski definition) is 0. The van der Waals surface area contributed by atoms with Crippen LogP contribution in [0.3, 0.4) is 0 Å². The Morgan fingerprint density at radius 1 is 1.11 bits per heavy atom. The Balaban J connectivity index is 1.56. The lowest BCUT2D eigenvalue weighted by molar-refractivity contribution is -0.137. The van der Waals surface area contributed by atoms with Crippen molar-refractivity contribution in [1.82, 2.24) is 10.1 Å². The molecular weight excluding hydrogens is 378 g/mol. The van der Waals surface area contributed by atoms with Crippen molar-refractivity contribution < 1.29 is 26.9 Å². The molecule has 1 saturated heterocycles. The summed E-state index contributed by atoms with van der Waals surface area (Å²) in [5.74, 6) is -0.861. The number of amides is 1. The second-order valence-electron chi connectivity index (χ2n) is 6.42. The quantitative estimate of drug-likeness (QED) is 0.621. The number of rotatable bonds is 3. The van der Waals surface area contributed by atoms with Crippen molar-refractivity contribution in [3.63, 3.8) is 0 Å². The molecule has 0 saturated carbocycles. The average molecular weight is 391 g/mol. The molecule has 28 heavy (non-hydrogen) atoms. The van der Waals surface area contributed by atoms with E-state index in [-0.39, 0.29) is 36.3 Å². The van der Waals surface area contributed by atoms with Crippen LogP contribution in [0.2, 0.25) is 0 Å². The molecule has 9 heteroatoms. The normalized spacial score (nSPS) is 17.4. The first-order valence-corrected chi connectivity index (χ1v) is 8.38. The standard InChI is InChI=1S/C19H13F4N3O2/c20-14-5-1-3-11(7-14)18-24-17(25-28-18)12-8-16(27)26(10-12)15-6-2-4-13(9-15)19(21,22)23/h1-7,9,12H,8,10H2. The average Bonchev–Trinajstić information content (AvgIpc) is 3.28. The van der Waals surface area contributed by atoms with Crippen LogP contribution < -0.4 is 4.90 Å². The summed E-state index contributed by atoms with van der Waals surface area (Å²) < 4.78 is 57.3. The number of anilines is 1. The monoisotopic (exact) mass is 391 g/mol. The number of carbonyl (C=O) groups excluding carboxylic acids is 1. The molecule has 3 aromatic rings. The van der Waals surface area contributed by atoms with Gasteiger partial charge in [0.05, 0.1) is 5.56 Å². The van der Waals surface area contributed by atoms with E-state index in [9.17, 15) is 22.4 Å². The SMILES string of the molecule is O=C1CC(c2noc(-c3cccc(F)c3)n2)CN1c1cccc(C(F)(F)F)c1. The molecule has 144 valence electrons. The fraction of sp³-hybridized carbons (Fsp3) is 0.211. The van der Waals surface area contributed by atoms with Gasteiger partial charge >= 0.3 is 6.18 Å². The fourth-order valence-electron chi connectivity index (χ4n) is 3.12. The van der Waals surface area contributed by atoms with Crippen LogP contribution in [0.5, 0.6) is 0 Å². The predicted octanol–water partition coefficient (Wildman–Crippen LogP) is 4.42. The maximum atomic E-state index is 13.3. The van der Waals surface area contributed by atoms with E-state index in [0.717, 1.165) is 12.1 Å². The number of aromatic nitrogens is 2. The highest BCUT2D eigenvalue weighted by Crippen LogP contribution is 2.35. The first kappa shape index (κ1) is 18.1. The molecule has 1 unspecified atom stereocenters. The van der Waals surface area contributed by atoms with Crippen LogP contribution in [-0.4, -0.2) is 22.6 Å². The van der Waals surface area contributed by atoms with Crippen LogP contribution in [0.4, 0.5) is 23.2 Å². The van der Waals surface area contributed by atoms with E-state index >= 15 is 0 Å². The van der Waals surface area contributed by atoms with Gasteiger partial charge in [0.25, 0.3) is 5.89 Å². The van der Waals surface area contributed by atoms with Crippen LogP contribution in [-0.2, 0) is 11.0 Å². The van der Waals surface area contributed by atoms with Crippen molar-refractivity contribution >= 4 is 11.6 Å². The van der Waals surface area contributed by atoms with Crippen molar-refractivity contribution in [3.05, 3.63) is 65.7 Å². The largest absolute Gasteiger partial charge is 0.416 e. The zero-order valence-electron chi connectivity index (χ0n) is 14.3. The molecule has 5 nitrogen and oxygen atoms in total. The van der Waals surface area contributed by atoms with E-state index in [2.05, 4.69) is 10.1 Å². The highest BCUT2D eigenvalue weighted by Gasteiger charge is 2.36. The molecule has 1 aliphatic heterocycles. The lowest BCUT2D eigenvalue weighted by Gasteiger charge is -2.18. The van der Waals surface area contributed by atoms with Crippen LogP contribution in [0.25, 0.3) is 11.5 Å². The summed E-state index contributed by atoms with van der Waals surface area (Å²) in [5.41, 5.74) is -0.261. The van der Waals surface area contributed by atoms with Crippen molar-refractivity contribution in [2.45, 2.75) is 18.5 Å². The molecule has 1 amide bonds. The van der Waals surface area contributed by atoms with Gasteiger partial charge in [-0.1, -0.05) is 17.3 Å². The van der Waals surface area contributed by atoms with Crippen molar-refractivity contribution in [2.75, 3.05) is 11.4 Å². The number of nitrogens with zero attached hydrogens (tertiary/aromatic N) is 3. The van der Waals surface area contributed by atoms with Gasteiger partial charge in [-0.2, -0.15) is 18.2 Å². The van der Waals surface area contributed by atoms with Crippen LogP contribution in [0, 0.1) is 5.82 Å². The maximum Gasteiger partial charge on any atom is 0.416 e. The molecule has 0 aliphatic carbocycles. The van der Waals surface area contributed by atoms with Crippen LogP contribution in [0.15, 0.2) is 53.1 Å². The number of alkyl halides is 3. The van der Waals surface area contributed by atoms with Gasteiger partial charge in [0, 0.05) is 30.1 Å². The summed E-state index contributed by atoms with van der Waals surface area (Å²) in [6, 6.07) is 10.2. The molecular formula is C19H13F4N3O2. The van der Waals surface area contributed by atoms with Crippen molar-refractivity contribution in [3.8, 4) is 11.5 Å². The minimum atomic E-state index is -4.49. The Hall–Kier alpha value is -3.23. The van der Waals surface area contributed by atoms with Crippen LogP contribution >= 0.6 is 0 Å². The van der Waals surface area contributed by atoms with Gasteiger partial charge in [0.15, 0.2) is 5.82 Å². The van der Waals surface area contributed by atoms with Crippen LogP contribution in [0.1, 0.15) is 23.7 Å². The lowest BCUT2D eigenvalue weighted by Crippen LogP contribution is -2.24. The Morgan fingerprint density at radius 2 is 1.89 bits per heavy atom. The Kier molecular flexibility index (Phi) is 4.37.